The molecule has 4 fully saturated rings. The molecule has 7 heteroatoms. The lowest BCUT2D eigenvalue weighted by molar-refractivity contribution is -0.203. The molecule has 0 heterocycles. The third kappa shape index (κ3) is 5.78. The number of fused-ring (bicyclic) bond motifs is 5. The molecule has 0 bridgehead atoms. The fraction of sp³-hybridized carbons (Fsp3) is 0.765. The van der Waals surface area contributed by atoms with Crippen LogP contribution in [-0.4, -0.2) is 34.4 Å². The van der Waals surface area contributed by atoms with Crippen LogP contribution in [0.2, 0.25) is 0 Å². The second-order valence-corrected chi connectivity index (χ2v) is 14.4. The number of carbonyl (C=O) groups excluding carboxylic acids is 2. The third-order valence-corrected chi connectivity index (χ3v) is 12.5. The molecule has 0 radical (unpaired) electrons. The molecule has 0 spiro atoms. The fourth-order valence-electron chi connectivity index (χ4n) is 10.4. The Kier molecular flexibility index (Phi) is 9.06. The number of aliphatic hydroxyl groups excluding tert-OH is 2. The molecule has 1 aromatic rings. The predicted molar refractivity (Wildman–Crippen MR) is 158 cm³/mol. The molecular formula is C34H52N2O5. The molecule has 7 nitrogen and oxygen atoms in total. The van der Waals surface area contributed by atoms with E-state index in [-0.39, 0.29) is 41.5 Å². The van der Waals surface area contributed by atoms with Gasteiger partial charge in [-0.1, -0.05) is 64.4 Å². The van der Waals surface area contributed by atoms with Crippen LogP contribution in [0.5, 0.6) is 0 Å². The van der Waals surface area contributed by atoms with Crippen LogP contribution in [0.25, 0.3) is 0 Å². The Labute approximate surface area is 246 Å². The highest BCUT2D eigenvalue weighted by Gasteiger charge is 2.64. The number of carbonyl (C=O) groups is 2. The zero-order valence-electron chi connectivity index (χ0n) is 25.5. The molecule has 228 valence electrons. The quantitative estimate of drug-likeness (QED) is 0.302. The van der Waals surface area contributed by atoms with Crippen LogP contribution in [0.1, 0.15) is 97.5 Å². The number of hydrazine groups is 1. The molecule has 4 aliphatic rings. The van der Waals surface area contributed by atoms with Crippen LogP contribution in [0.3, 0.4) is 0 Å². The monoisotopic (exact) mass is 568 g/mol. The van der Waals surface area contributed by atoms with Crippen LogP contribution < -0.4 is 10.9 Å². The van der Waals surface area contributed by atoms with Gasteiger partial charge in [-0.25, -0.2) is 10.2 Å². The minimum absolute atomic E-state index is 0.151. The van der Waals surface area contributed by atoms with Crippen LogP contribution in [-0.2, 0) is 16.1 Å². The van der Waals surface area contributed by atoms with Crippen molar-refractivity contribution in [2.24, 2.45) is 52.3 Å². The molecule has 4 saturated carbocycles. The van der Waals surface area contributed by atoms with Crippen molar-refractivity contribution in [1.29, 1.82) is 0 Å². The Bertz CT molecular complexity index is 1070. The summed E-state index contributed by atoms with van der Waals surface area (Å²) in [7, 11) is 0. The van der Waals surface area contributed by atoms with Gasteiger partial charge in [0, 0.05) is 6.42 Å². The number of amides is 2. The van der Waals surface area contributed by atoms with Crippen molar-refractivity contribution in [3.8, 4) is 0 Å². The molecular weight excluding hydrogens is 516 g/mol. The third-order valence-electron chi connectivity index (χ3n) is 12.5. The molecule has 4 unspecified atom stereocenters. The van der Waals surface area contributed by atoms with E-state index in [4.69, 9.17) is 4.74 Å². The summed E-state index contributed by atoms with van der Waals surface area (Å²) in [6, 6.07) is 9.43. The summed E-state index contributed by atoms with van der Waals surface area (Å²) in [6.07, 6.45) is 8.40. The summed E-state index contributed by atoms with van der Waals surface area (Å²) in [5.74, 6) is 2.76. The van der Waals surface area contributed by atoms with E-state index < -0.39 is 6.09 Å². The van der Waals surface area contributed by atoms with E-state index in [9.17, 15) is 19.8 Å². The van der Waals surface area contributed by atoms with Gasteiger partial charge in [0.15, 0.2) is 0 Å². The number of hydrogen-bond donors (Lipinski definition) is 4. The van der Waals surface area contributed by atoms with Crippen LogP contribution in [0, 0.1) is 52.3 Å². The van der Waals surface area contributed by atoms with Crippen molar-refractivity contribution in [2.45, 2.75) is 111 Å². The number of nitrogens with one attached hydrogen (secondary N) is 2. The first-order valence-electron chi connectivity index (χ1n) is 16.2. The van der Waals surface area contributed by atoms with Gasteiger partial charge in [0.25, 0.3) is 0 Å². The first-order valence-corrected chi connectivity index (χ1v) is 16.2. The minimum atomic E-state index is -0.669. The van der Waals surface area contributed by atoms with Crippen molar-refractivity contribution in [1.82, 2.24) is 10.9 Å². The molecule has 41 heavy (non-hydrogen) atoms. The Morgan fingerprint density at radius 1 is 0.976 bits per heavy atom. The summed E-state index contributed by atoms with van der Waals surface area (Å²) in [6.45, 7) is 9.61. The predicted octanol–water partition coefficient (Wildman–Crippen LogP) is 5.99. The van der Waals surface area contributed by atoms with E-state index >= 15 is 0 Å². The Morgan fingerprint density at radius 3 is 2.41 bits per heavy atom. The second-order valence-electron chi connectivity index (χ2n) is 14.4. The van der Waals surface area contributed by atoms with Crippen molar-refractivity contribution in [2.75, 3.05) is 0 Å². The first kappa shape index (κ1) is 30.3. The fourth-order valence-corrected chi connectivity index (χ4v) is 10.4. The summed E-state index contributed by atoms with van der Waals surface area (Å²) in [5, 5.41) is 22.4. The summed E-state index contributed by atoms with van der Waals surface area (Å²) < 4.78 is 5.17. The van der Waals surface area contributed by atoms with Crippen LogP contribution >= 0.6 is 0 Å². The van der Waals surface area contributed by atoms with Gasteiger partial charge in [-0.2, -0.15) is 0 Å². The van der Waals surface area contributed by atoms with Crippen LogP contribution in [0.15, 0.2) is 30.3 Å². The van der Waals surface area contributed by atoms with Crippen molar-refractivity contribution in [3.63, 3.8) is 0 Å². The van der Waals surface area contributed by atoms with Gasteiger partial charge in [0.2, 0.25) is 5.91 Å². The molecule has 1 aromatic carbocycles. The lowest BCUT2D eigenvalue weighted by atomic mass is 9.41. The Balaban J connectivity index is 1.16. The van der Waals surface area contributed by atoms with E-state index in [0.29, 0.717) is 41.9 Å². The zero-order chi connectivity index (χ0) is 29.4. The molecule has 4 N–H and O–H groups in total. The normalized spacial score (nSPS) is 40.4. The van der Waals surface area contributed by atoms with Gasteiger partial charge < -0.3 is 14.9 Å². The van der Waals surface area contributed by atoms with Crippen LogP contribution in [0.4, 0.5) is 4.79 Å². The summed E-state index contributed by atoms with van der Waals surface area (Å²) in [4.78, 5) is 24.6. The van der Waals surface area contributed by atoms with Gasteiger partial charge in [-0.3, -0.25) is 10.2 Å². The molecule has 5 rings (SSSR count). The van der Waals surface area contributed by atoms with E-state index in [1.165, 1.54) is 6.42 Å². The molecule has 4 aliphatic carbocycles. The summed E-state index contributed by atoms with van der Waals surface area (Å²) >= 11 is 0. The first-order chi connectivity index (χ1) is 19.6. The second kappa shape index (κ2) is 12.2. The lowest BCUT2D eigenvalue weighted by Crippen LogP contribution is -2.62. The molecule has 0 aromatic heterocycles. The van der Waals surface area contributed by atoms with Gasteiger partial charge in [-0.05, 0) is 109 Å². The highest BCUT2D eigenvalue weighted by Crippen LogP contribution is 2.69. The van der Waals surface area contributed by atoms with Gasteiger partial charge in [-0.15, -0.1) is 0 Å². The number of benzene rings is 1. The van der Waals surface area contributed by atoms with E-state index in [1.54, 1.807) is 0 Å². The summed E-state index contributed by atoms with van der Waals surface area (Å²) in [5.41, 5.74) is 6.14. The van der Waals surface area contributed by atoms with Crippen molar-refractivity contribution >= 4 is 12.0 Å². The maximum atomic E-state index is 12.6. The average molecular weight is 569 g/mol. The minimum Gasteiger partial charge on any atom is -0.443 e. The Hall–Kier alpha value is -2.12. The Morgan fingerprint density at radius 2 is 1.68 bits per heavy atom. The van der Waals surface area contributed by atoms with E-state index in [2.05, 4.69) is 38.5 Å². The number of hydrogen-bond acceptors (Lipinski definition) is 5. The topological polar surface area (TPSA) is 108 Å². The molecule has 11 atom stereocenters. The number of aliphatic hydroxyl groups is 2. The van der Waals surface area contributed by atoms with Gasteiger partial charge >= 0.3 is 6.09 Å². The number of rotatable bonds is 7. The number of ether oxygens (including phenoxy) is 1. The van der Waals surface area contributed by atoms with Gasteiger partial charge in [0.1, 0.15) is 6.61 Å². The smallest absolute Gasteiger partial charge is 0.426 e. The average Bonchev–Trinajstić information content (AvgIpc) is 3.32. The molecule has 0 aliphatic heterocycles. The zero-order valence-corrected chi connectivity index (χ0v) is 25.5. The highest BCUT2D eigenvalue weighted by atomic mass is 16.6. The SMILES string of the molecule is CC[C@@H]1C2C[C@H](O)CCC2(C)[C@H]2CCC3(C)C([C@H](C)CCC(=O)NNC(=O)OCc4ccccc4)CC[C@H]3[C@@H]2[C@@H]1O. The van der Waals surface area contributed by atoms with E-state index in [0.717, 1.165) is 56.9 Å². The lowest BCUT2D eigenvalue weighted by Gasteiger charge is -2.64. The standard InChI is InChI=1S/C34H52N2O5/c1-5-24-28-19-23(37)15-17-34(28,4)27-16-18-33(3)25(12-13-26(33)30(27)31(24)39)21(2)11-14-29(38)35-36-32(40)41-20-22-9-7-6-8-10-22/h6-10,21,23-28,30-31,37,39H,5,11-20H2,1-4H3,(H,35,38)(H,36,40)/t21-,23-,24-,25?,26+,27+,28?,30+,31-,33?,34?/m1/s1. The molecule has 2 amide bonds. The maximum absolute atomic E-state index is 12.6. The highest BCUT2D eigenvalue weighted by molar-refractivity contribution is 5.78. The van der Waals surface area contributed by atoms with E-state index in [1.807, 2.05) is 30.3 Å². The molecule has 0 saturated heterocycles. The van der Waals surface area contributed by atoms with Crippen molar-refractivity contribution in [3.05, 3.63) is 35.9 Å². The largest absolute Gasteiger partial charge is 0.443 e. The maximum Gasteiger partial charge on any atom is 0.426 e. The van der Waals surface area contributed by atoms with Crippen molar-refractivity contribution < 1.29 is 24.5 Å². The van der Waals surface area contributed by atoms with Gasteiger partial charge in [0.05, 0.1) is 12.2 Å².